The fraction of sp³-hybridized carbons (Fsp3) is 0.222. The zero-order valence-electron chi connectivity index (χ0n) is 12.2. The first-order valence-corrected chi connectivity index (χ1v) is 7.60. The molecule has 2 heterocycles. The first-order chi connectivity index (χ1) is 10.8. The highest BCUT2D eigenvalue weighted by molar-refractivity contribution is 5.92. The summed E-state index contributed by atoms with van der Waals surface area (Å²) in [4.78, 5) is 16.5. The number of amides is 1. The average Bonchev–Trinajstić information content (AvgIpc) is 3.25. The molecular formula is C18H17N3O. The SMILES string of the molecule is O=C(Cc1cccc2nccn12)Nc1ccc(C2CC2)cc1. The van der Waals surface area contributed by atoms with Crippen LogP contribution in [0.15, 0.2) is 54.9 Å². The lowest BCUT2D eigenvalue weighted by Crippen LogP contribution is -2.16. The van der Waals surface area contributed by atoms with Gasteiger partial charge in [-0.1, -0.05) is 18.2 Å². The minimum absolute atomic E-state index is 0.0135. The largest absolute Gasteiger partial charge is 0.326 e. The first kappa shape index (κ1) is 13.1. The summed E-state index contributed by atoms with van der Waals surface area (Å²) in [5.41, 5.74) is 4.02. The molecule has 2 aromatic heterocycles. The highest BCUT2D eigenvalue weighted by atomic mass is 16.1. The second-order valence-electron chi connectivity index (χ2n) is 5.79. The van der Waals surface area contributed by atoms with Gasteiger partial charge in [-0.25, -0.2) is 4.98 Å². The summed E-state index contributed by atoms with van der Waals surface area (Å²) in [5, 5.41) is 2.96. The van der Waals surface area contributed by atoms with Gasteiger partial charge in [0, 0.05) is 23.8 Å². The highest BCUT2D eigenvalue weighted by Gasteiger charge is 2.22. The Balaban J connectivity index is 1.46. The molecule has 0 atom stereocenters. The molecule has 1 fully saturated rings. The summed E-state index contributed by atoms with van der Waals surface area (Å²) in [5.74, 6) is 0.726. The van der Waals surface area contributed by atoms with E-state index >= 15 is 0 Å². The summed E-state index contributed by atoms with van der Waals surface area (Å²) in [6.45, 7) is 0. The molecule has 4 heteroatoms. The average molecular weight is 291 g/mol. The van der Waals surface area contributed by atoms with Crippen LogP contribution in [0, 0.1) is 0 Å². The van der Waals surface area contributed by atoms with E-state index in [1.54, 1.807) is 6.20 Å². The lowest BCUT2D eigenvalue weighted by atomic mass is 10.1. The van der Waals surface area contributed by atoms with E-state index in [4.69, 9.17) is 0 Å². The van der Waals surface area contributed by atoms with E-state index in [2.05, 4.69) is 22.4 Å². The van der Waals surface area contributed by atoms with Gasteiger partial charge < -0.3 is 9.72 Å². The number of carbonyl (C=O) groups is 1. The van der Waals surface area contributed by atoms with Gasteiger partial charge in [-0.3, -0.25) is 4.79 Å². The van der Waals surface area contributed by atoms with Crippen LogP contribution in [0.1, 0.15) is 30.0 Å². The van der Waals surface area contributed by atoms with Crippen LogP contribution >= 0.6 is 0 Å². The lowest BCUT2D eigenvalue weighted by Gasteiger charge is -2.08. The third-order valence-electron chi connectivity index (χ3n) is 4.10. The molecule has 0 radical (unpaired) electrons. The number of hydrogen-bond acceptors (Lipinski definition) is 2. The molecular weight excluding hydrogens is 274 g/mol. The minimum Gasteiger partial charge on any atom is -0.326 e. The van der Waals surface area contributed by atoms with Crippen molar-refractivity contribution in [2.75, 3.05) is 5.32 Å². The summed E-state index contributed by atoms with van der Waals surface area (Å²) in [6.07, 6.45) is 6.54. The van der Waals surface area contributed by atoms with E-state index in [0.29, 0.717) is 6.42 Å². The van der Waals surface area contributed by atoms with Crippen LogP contribution in [0.2, 0.25) is 0 Å². The van der Waals surface area contributed by atoms with Crippen molar-refractivity contribution in [1.29, 1.82) is 0 Å². The molecule has 1 aliphatic rings. The Hall–Kier alpha value is -2.62. The number of benzene rings is 1. The Kier molecular flexibility index (Phi) is 3.15. The predicted octanol–water partition coefficient (Wildman–Crippen LogP) is 3.39. The van der Waals surface area contributed by atoms with Crippen molar-refractivity contribution >= 4 is 17.2 Å². The number of fused-ring (bicyclic) bond motifs is 1. The van der Waals surface area contributed by atoms with Crippen molar-refractivity contribution in [3.8, 4) is 0 Å². The zero-order chi connectivity index (χ0) is 14.9. The van der Waals surface area contributed by atoms with E-state index < -0.39 is 0 Å². The number of imidazole rings is 1. The molecule has 0 bridgehead atoms. The number of nitrogens with one attached hydrogen (secondary N) is 1. The van der Waals surface area contributed by atoms with Crippen LogP contribution < -0.4 is 5.32 Å². The minimum atomic E-state index is -0.0135. The molecule has 1 aliphatic carbocycles. The van der Waals surface area contributed by atoms with Gasteiger partial charge in [0.25, 0.3) is 0 Å². The number of carbonyl (C=O) groups excluding carboxylic acids is 1. The van der Waals surface area contributed by atoms with Gasteiger partial charge in [0.15, 0.2) is 0 Å². The van der Waals surface area contributed by atoms with Crippen molar-refractivity contribution in [2.24, 2.45) is 0 Å². The molecule has 1 aromatic carbocycles. The van der Waals surface area contributed by atoms with Crippen LogP contribution in [0.25, 0.3) is 5.65 Å². The number of aromatic nitrogens is 2. The number of anilines is 1. The summed E-state index contributed by atoms with van der Waals surface area (Å²) >= 11 is 0. The zero-order valence-corrected chi connectivity index (χ0v) is 12.2. The fourth-order valence-electron chi connectivity index (χ4n) is 2.78. The molecule has 0 unspecified atom stereocenters. The van der Waals surface area contributed by atoms with Crippen molar-refractivity contribution in [1.82, 2.24) is 9.38 Å². The maximum Gasteiger partial charge on any atom is 0.230 e. The number of hydrogen-bond donors (Lipinski definition) is 1. The van der Waals surface area contributed by atoms with Crippen LogP contribution in [0.3, 0.4) is 0 Å². The topological polar surface area (TPSA) is 46.4 Å². The molecule has 1 N–H and O–H groups in total. The van der Waals surface area contributed by atoms with Gasteiger partial charge in [0.05, 0.1) is 6.42 Å². The maximum absolute atomic E-state index is 12.2. The lowest BCUT2D eigenvalue weighted by molar-refractivity contribution is -0.115. The molecule has 1 amide bonds. The Labute approximate surface area is 128 Å². The molecule has 0 aliphatic heterocycles. The van der Waals surface area contributed by atoms with Gasteiger partial charge in [-0.15, -0.1) is 0 Å². The summed E-state index contributed by atoms with van der Waals surface area (Å²) in [7, 11) is 0. The molecule has 1 saturated carbocycles. The molecule has 4 nitrogen and oxygen atoms in total. The van der Waals surface area contributed by atoms with E-state index in [9.17, 15) is 4.79 Å². The summed E-state index contributed by atoms with van der Waals surface area (Å²) in [6, 6.07) is 14.0. The molecule has 22 heavy (non-hydrogen) atoms. The van der Waals surface area contributed by atoms with Crippen LogP contribution in [0.5, 0.6) is 0 Å². The Morgan fingerprint density at radius 2 is 2.00 bits per heavy atom. The quantitative estimate of drug-likeness (QED) is 0.801. The van der Waals surface area contributed by atoms with E-state index in [1.165, 1.54) is 18.4 Å². The third kappa shape index (κ3) is 2.60. The van der Waals surface area contributed by atoms with Crippen molar-refractivity contribution < 1.29 is 4.79 Å². The molecule has 0 spiro atoms. The van der Waals surface area contributed by atoms with Crippen molar-refractivity contribution in [3.63, 3.8) is 0 Å². The number of pyridine rings is 1. The number of nitrogens with zero attached hydrogens (tertiary/aromatic N) is 2. The Bertz CT molecular complexity index is 816. The second kappa shape index (κ2) is 5.30. The standard InChI is InChI=1S/C18H17N3O/c22-18(12-16-2-1-3-17-19-10-11-21(16)17)20-15-8-6-14(7-9-15)13-4-5-13/h1-3,6-11,13H,4-5,12H2,(H,20,22). The maximum atomic E-state index is 12.2. The van der Waals surface area contributed by atoms with E-state index in [0.717, 1.165) is 22.9 Å². The van der Waals surface area contributed by atoms with E-state index in [-0.39, 0.29) is 5.91 Å². The predicted molar refractivity (Wildman–Crippen MR) is 85.9 cm³/mol. The third-order valence-corrected chi connectivity index (χ3v) is 4.10. The second-order valence-corrected chi connectivity index (χ2v) is 5.79. The normalized spacial score (nSPS) is 14.2. The van der Waals surface area contributed by atoms with Gasteiger partial charge in [-0.05, 0) is 48.6 Å². The molecule has 4 rings (SSSR count). The smallest absolute Gasteiger partial charge is 0.230 e. The van der Waals surface area contributed by atoms with Gasteiger partial charge in [-0.2, -0.15) is 0 Å². The highest BCUT2D eigenvalue weighted by Crippen LogP contribution is 2.40. The van der Waals surface area contributed by atoms with Gasteiger partial charge in [0.1, 0.15) is 5.65 Å². The Morgan fingerprint density at radius 1 is 1.18 bits per heavy atom. The monoisotopic (exact) mass is 291 g/mol. The van der Waals surface area contributed by atoms with Gasteiger partial charge in [0.2, 0.25) is 5.91 Å². The molecule has 3 aromatic rings. The van der Waals surface area contributed by atoms with E-state index in [1.807, 2.05) is 40.9 Å². The van der Waals surface area contributed by atoms with Crippen LogP contribution in [0.4, 0.5) is 5.69 Å². The molecule has 0 saturated heterocycles. The number of rotatable bonds is 4. The van der Waals surface area contributed by atoms with Crippen LogP contribution in [-0.2, 0) is 11.2 Å². The fourth-order valence-corrected chi connectivity index (χ4v) is 2.78. The van der Waals surface area contributed by atoms with Crippen molar-refractivity contribution in [2.45, 2.75) is 25.2 Å². The molecule has 110 valence electrons. The Morgan fingerprint density at radius 3 is 2.77 bits per heavy atom. The first-order valence-electron chi connectivity index (χ1n) is 7.60. The van der Waals surface area contributed by atoms with Gasteiger partial charge >= 0.3 is 0 Å². The summed E-state index contributed by atoms with van der Waals surface area (Å²) < 4.78 is 1.94. The van der Waals surface area contributed by atoms with Crippen LogP contribution in [-0.4, -0.2) is 15.3 Å². The van der Waals surface area contributed by atoms with Crippen molar-refractivity contribution in [3.05, 3.63) is 66.1 Å².